The van der Waals surface area contributed by atoms with Crippen LogP contribution in [0.25, 0.3) is 0 Å². The van der Waals surface area contributed by atoms with Crippen molar-refractivity contribution in [1.82, 2.24) is 10.3 Å². The summed E-state index contributed by atoms with van der Waals surface area (Å²) in [6.45, 7) is 3.52. The molecule has 1 aromatic rings. The lowest BCUT2D eigenvalue weighted by molar-refractivity contribution is 0.0953. The fourth-order valence-electron chi connectivity index (χ4n) is 1.95. The minimum absolute atomic E-state index is 0.0209. The third-order valence-corrected chi connectivity index (χ3v) is 3.69. The summed E-state index contributed by atoms with van der Waals surface area (Å²) in [5.74, 6) is 1.21. The van der Waals surface area contributed by atoms with Crippen LogP contribution in [0.3, 0.4) is 0 Å². The van der Waals surface area contributed by atoms with E-state index in [1.165, 1.54) is 25.0 Å². The van der Waals surface area contributed by atoms with E-state index in [2.05, 4.69) is 21.9 Å². The molecule has 0 fully saturated rings. The predicted molar refractivity (Wildman–Crippen MR) is 87.6 cm³/mol. The van der Waals surface area contributed by atoms with Gasteiger partial charge in [0.1, 0.15) is 0 Å². The Balaban J connectivity index is 2.29. The summed E-state index contributed by atoms with van der Waals surface area (Å²) >= 11 is 1.89. The van der Waals surface area contributed by atoms with Gasteiger partial charge in [0, 0.05) is 19.3 Å². The van der Waals surface area contributed by atoms with Crippen molar-refractivity contribution in [2.45, 2.75) is 32.6 Å². The Morgan fingerprint density at radius 3 is 2.85 bits per heavy atom. The topological polar surface area (TPSA) is 54.0 Å². The summed E-state index contributed by atoms with van der Waals surface area (Å²) in [7, 11) is 0. The lowest BCUT2D eigenvalue weighted by Gasteiger charge is -2.10. The first-order valence-corrected chi connectivity index (χ1v) is 8.64. The standard InChI is InChI=1S/C15H25N3OS/c1-3-17-14-12-16-10-8-13(14)15(19)18-9-6-4-5-7-11-20-2/h8,10,12,17H,3-7,9,11H2,1-2H3,(H,18,19). The molecule has 0 saturated heterocycles. The van der Waals surface area contributed by atoms with E-state index in [0.29, 0.717) is 5.56 Å². The molecule has 1 rings (SSSR count). The maximum absolute atomic E-state index is 12.1. The number of aromatic nitrogens is 1. The summed E-state index contributed by atoms with van der Waals surface area (Å²) in [4.78, 5) is 16.1. The van der Waals surface area contributed by atoms with E-state index in [1.54, 1.807) is 18.5 Å². The lowest BCUT2D eigenvalue weighted by atomic mass is 10.2. The Labute approximate surface area is 126 Å². The van der Waals surface area contributed by atoms with E-state index in [1.807, 2.05) is 18.7 Å². The monoisotopic (exact) mass is 295 g/mol. The number of anilines is 1. The molecule has 0 aromatic carbocycles. The third-order valence-electron chi connectivity index (χ3n) is 2.99. The molecule has 0 saturated carbocycles. The van der Waals surface area contributed by atoms with E-state index >= 15 is 0 Å². The van der Waals surface area contributed by atoms with Gasteiger partial charge in [-0.3, -0.25) is 9.78 Å². The van der Waals surface area contributed by atoms with E-state index in [9.17, 15) is 4.79 Å². The van der Waals surface area contributed by atoms with Crippen LogP contribution in [0.5, 0.6) is 0 Å². The number of thioether (sulfide) groups is 1. The number of unbranched alkanes of at least 4 members (excludes halogenated alkanes) is 3. The first-order chi connectivity index (χ1) is 9.79. The Kier molecular flexibility index (Phi) is 8.87. The summed E-state index contributed by atoms with van der Waals surface area (Å²) in [6, 6.07) is 1.76. The minimum Gasteiger partial charge on any atom is -0.383 e. The van der Waals surface area contributed by atoms with Gasteiger partial charge in [0.25, 0.3) is 5.91 Å². The molecule has 5 heteroatoms. The fraction of sp³-hybridized carbons (Fsp3) is 0.600. The number of rotatable bonds is 10. The van der Waals surface area contributed by atoms with E-state index in [0.717, 1.165) is 25.2 Å². The van der Waals surface area contributed by atoms with Crippen molar-refractivity contribution in [3.05, 3.63) is 24.0 Å². The molecule has 0 unspecified atom stereocenters. The first kappa shape index (κ1) is 16.8. The van der Waals surface area contributed by atoms with Gasteiger partial charge in [-0.1, -0.05) is 12.8 Å². The van der Waals surface area contributed by atoms with Crippen LogP contribution >= 0.6 is 11.8 Å². The molecule has 112 valence electrons. The van der Waals surface area contributed by atoms with Crippen molar-refractivity contribution < 1.29 is 4.79 Å². The maximum Gasteiger partial charge on any atom is 0.253 e. The smallest absolute Gasteiger partial charge is 0.253 e. The molecule has 0 aliphatic rings. The Bertz CT molecular complexity index is 398. The Morgan fingerprint density at radius 1 is 1.30 bits per heavy atom. The van der Waals surface area contributed by atoms with Gasteiger partial charge in [-0.25, -0.2) is 0 Å². The number of nitrogens with one attached hydrogen (secondary N) is 2. The zero-order chi connectivity index (χ0) is 14.6. The van der Waals surface area contributed by atoms with Gasteiger partial charge in [0.15, 0.2) is 0 Å². The normalized spacial score (nSPS) is 10.3. The number of carbonyl (C=O) groups is 1. The molecule has 0 bridgehead atoms. The molecule has 1 heterocycles. The van der Waals surface area contributed by atoms with Crippen LogP contribution in [0.4, 0.5) is 5.69 Å². The number of hydrogen-bond acceptors (Lipinski definition) is 4. The van der Waals surface area contributed by atoms with Crippen molar-refractivity contribution in [1.29, 1.82) is 0 Å². The molecule has 20 heavy (non-hydrogen) atoms. The SMILES string of the molecule is CCNc1cnccc1C(=O)NCCCCCCSC. The van der Waals surface area contributed by atoms with Crippen LogP contribution in [0.15, 0.2) is 18.5 Å². The van der Waals surface area contributed by atoms with Crippen LogP contribution < -0.4 is 10.6 Å². The first-order valence-electron chi connectivity index (χ1n) is 7.24. The largest absolute Gasteiger partial charge is 0.383 e. The van der Waals surface area contributed by atoms with E-state index in [4.69, 9.17) is 0 Å². The summed E-state index contributed by atoms with van der Waals surface area (Å²) in [5, 5.41) is 6.13. The van der Waals surface area contributed by atoms with Crippen molar-refractivity contribution in [3.63, 3.8) is 0 Å². The predicted octanol–water partition coefficient (Wildman–Crippen LogP) is 3.17. The van der Waals surface area contributed by atoms with Gasteiger partial charge in [-0.15, -0.1) is 0 Å². The van der Waals surface area contributed by atoms with Gasteiger partial charge < -0.3 is 10.6 Å². The van der Waals surface area contributed by atoms with Gasteiger partial charge >= 0.3 is 0 Å². The molecular formula is C15H25N3OS. The second-order valence-corrected chi connectivity index (χ2v) is 5.60. The van der Waals surface area contributed by atoms with Crippen LogP contribution in [0.2, 0.25) is 0 Å². The third kappa shape index (κ3) is 6.28. The van der Waals surface area contributed by atoms with Crippen molar-refractivity contribution in [2.75, 3.05) is 30.4 Å². The quantitative estimate of drug-likeness (QED) is 0.651. The van der Waals surface area contributed by atoms with Crippen molar-refractivity contribution in [3.8, 4) is 0 Å². The van der Waals surface area contributed by atoms with Crippen molar-refractivity contribution in [2.24, 2.45) is 0 Å². The average Bonchev–Trinajstić information content (AvgIpc) is 2.47. The molecule has 0 atom stereocenters. The second-order valence-electron chi connectivity index (χ2n) is 4.61. The number of hydrogen-bond donors (Lipinski definition) is 2. The maximum atomic E-state index is 12.1. The van der Waals surface area contributed by atoms with Crippen LogP contribution in [0, 0.1) is 0 Å². The average molecular weight is 295 g/mol. The highest BCUT2D eigenvalue weighted by atomic mass is 32.2. The number of nitrogens with zero attached hydrogens (tertiary/aromatic N) is 1. The fourth-order valence-corrected chi connectivity index (χ4v) is 2.44. The second kappa shape index (κ2) is 10.5. The summed E-state index contributed by atoms with van der Waals surface area (Å²) in [6.07, 6.45) is 10.2. The molecule has 2 N–H and O–H groups in total. The van der Waals surface area contributed by atoms with Gasteiger partial charge in [-0.2, -0.15) is 11.8 Å². The van der Waals surface area contributed by atoms with Gasteiger partial charge in [0.2, 0.25) is 0 Å². The number of amides is 1. The Morgan fingerprint density at radius 2 is 2.10 bits per heavy atom. The molecular weight excluding hydrogens is 270 g/mol. The van der Waals surface area contributed by atoms with Gasteiger partial charge in [0.05, 0.1) is 17.4 Å². The molecule has 1 aromatic heterocycles. The zero-order valence-electron chi connectivity index (χ0n) is 12.4. The molecule has 0 spiro atoms. The van der Waals surface area contributed by atoms with Crippen LogP contribution in [0.1, 0.15) is 43.0 Å². The van der Waals surface area contributed by atoms with Gasteiger partial charge in [-0.05, 0) is 37.8 Å². The summed E-state index contributed by atoms with van der Waals surface area (Å²) in [5.41, 5.74) is 1.47. The van der Waals surface area contributed by atoms with Crippen LogP contribution in [-0.2, 0) is 0 Å². The van der Waals surface area contributed by atoms with Crippen molar-refractivity contribution >= 4 is 23.4 Å². The summed E-state index contributed by atoms with van der Waals surface area (Å²) < 4.78 is 0. The number of pyridine rings is 1. The number of carbonyl (C=O) groups excluding carboxylic acids is 1. The van der Waals surface area contributed by atoms with E-state index < -0.39 is 0 Å². The molecule has 0 aliphatic carbocycles. The highest BCUT2D eigenvalue weighted by molar-refractivity contribution is 7.98. The minimum atomic E-state index is -0.0209. The molecule has 0 radical (unpaired) electrons. The zero-order valence-corrected chi connectivity index (χ0v) is 13.3. The van der Waals surface area contributed by atoms with Crippen LogP contribution in [-0.4, -0.2) is 36.0 Å². The highest BCUT2D eigenvalue weighted by Crippen LogP contribution is 2.12. The Hall–Kier alpha value is -1.23. The molecule has 4 nitrogen and oxygen atoms in total. The molecule has 0 aliphatic heterocycles. The molecule has 1 amide bonds. The van der Waals surface area contributed by atoms with E-state index in [-0.39, 0.29) is 5.91 Å². The highest BCUT2D eigenvalue weighted by Gasteiger charge is 2.09. The lowest BCUT2D eigenvalue weighted by Crippen LogP contribution is -2.25.